The molecule has 1 fully saturated rings. The molecule has 0 atom stereocenters. The van der Waals surface area contributed by atoms with E-state index in [9.17, 15) is 4.79 Å². The summed E-state index contributed by atoms with van der Waals surface area (Å²) >= 11 is 0. The Kier molecular flexibility index (Phi) is 3.18. The van der Waals surface area contributed by atoms with Crippen LogP contribution in [-0.4, -0.2) is 21.1 Å². The summed E-state index contributed by atoms with van der Waals surface area (Å²) in [6, 6.07) is 7.28. The third kappa shape index (κ3) is 2.72. The number of oxazole rings is 1. The zero-order chi connectivity index (χ0) is 16.0. The molecule has 3 aromatic rings. The SMILES string of the molecule is CC(C)c1nc2cc(NC(=O)c3cc(C4CC4)[nH]n3)ccc2o1. The minimum atomic E-state index is -0.222. The van der Waals surface area contributed by atoms with Crippen LogP contribution < -0.4 is 5.32 Å². The smallest absolute Gasteiger partial charge is 0.276 e. The molecule has 23 heavy (non-hydrogen) atoms. The van der Waals surface area contributed by atoms with Crippen molar-refractivity contribution < 1.29 is 9.21 Å². The van der Waals surface area contributed by atoms with E-state index in [1.54, 1.807) is 0 Å². The summed E-state index contributed by atoms with van der Waals surface area (Å²) in [5.74, 6) is 1.25. The van der Waals surface area contributed by atoms with Gasteiger partial charge in [0.25, 0.3) is 5.91 Å². The molecule has 6 nitrogen and oxygen atoms in total. The molecule has 1 aliphatic rings. The van der Waals surface area contributed by atoms with Crippen molar-refractivity contribution in [3.05, 3.63) is 41.5 Å². The van der Waals surface area contributed by atoms with E-state index < -0.39 is 0 Å². The van der Waals surface area contributed by atoms with Crippen molar-refractivity contribution in [3.8, 4) is 0 Å². The highest BCUT2D eigenvalue weighted by Gasteiger charge is 2.26. The van der Waals surface area contributed by atoms with Crippen LogP contribution in [0.15, 0.2) is 28.7 Å². The van der Waals surface area contributed by atoms with Gasteiger partial charge in [0, 0.05) is 23.2 Å². The molecule has 6 heteroatoms. The molecule has 2 aromatic heterocycles. The minimum absolute atomic E-state index is 0.222. The molecule has 118 valence electrons. The van der Waals surface area contributed by atoms with Crippen molar-refractivity contribution >= 4 is 22.7 Å². The number of benzene rings is 1. The van der Waals surface area contributed by atoms with Gasteiger partial charge in [0.1, 0.15) is 5.52 Å². The molecule has 0 radical (unpaired) electrons. The summed E-state index contributed by atoms with van der Waals surface area (Å²) < 4.78 is 5.67. The minimum Gasteiger partial charge on any atom is -0.440 e. The van der Waals surface area contributed by atoms with E-state index in [0.29, 0.717) is 23.2 Å². The number of H-pyrrole nitrogens is 1. The normalized spacial score (nSPS) is 14.6. The molecule has 4 rings (SSSR count). The van der Waals surface area contributed by atoms with Crippen molar-refractivity contribution in [2.75, 3.05) is 5.32 Å². The van der Waals surface area contributed by atoms with E-state index in [1.165, 1.54) is 12.8 Å². The molecule has 0 bridgehead atoms. The van der Waals surface area contributed by atoms with Gasteiger partial charge in [-0.25, -0.2) is 4.98 Å². The van der Waals surface area contributed by atoms with Crippen molar-refractivity contribution in [1.29, 1.82) is 0 Å². The summed E-state index contributed by atoms with van der Waals surface area (Å²) in [5.41, 5.74) is 3.61. The first kappa shape index (κ1) is 14.0. The number of amides is 1. The Morgan fingerprint density at radius 2 is 2.17 bits per heavy atom. The predicted molar refractivity (Wildman–Crippen MR) is 86.6 cm³/mol. The fourth-order valence-electron chi connectivity index (χ4n) is 2.52. The largest absolute Gasteiger partial charge is 0.440 e. The predicted octanol–water partition coefficient (Wildman–Crippen LogP) is 3.80. The summed E-state index contributed by atoms with van der Waals surface area (Å²) in [6.07, 6.45) is 2.34. The number of aromatic nitrogens is 3. The van der Waals surface area contributed by atoms with E-state index in [0.717, 1.165) is 16.8 Å². The molecule has 1 aliphatic carbocycles. The Hall–Kier alpha value is -2.63. The Bertz CT molecular complexity index is 874. The maximum atomic E-state index is 12.3. The number of fused-ring (bicyclic) bond motifs is 1. The lowest BCUT2D eigenvalue weighted by Crippen LogP contribution is -2.12. The van der Waals surface area contributed by atoms with Gasteiger partial charge in [-0.15, -0.1) is 0 Å². The van der Waals surface area contributed by atoms with Crippen LogP contribution in [0.1, 0.15) is 60.6 Å². The van der Waals surface area contributed by atoms with Crippen molar-refractivity contribution in [3.63, 3.8) is 0 Å². The van der Waals surface area contributed by atoms with Crippen molar-refractivity contribution in [2.24, 2.45) is 0 Å². The number of nitrogens with one attached hydrogen (secondary N) is 2. The van der Waals surface area contributed by atoms with Crippen molar-refractivity contribution in [1.82, 2.24) is 15.2 Å². The van der Waals surface area contributed by atoms with Crippen LogP contribution in [-0.2, 0) is 0 Å². The van der Waals surface area contributed by atoms with Gasteiger partial charge in [0.2, 0.25) is 0 Å². The van der Waals surface area contributed by atoms with E-state index in [-0.39, 0.29) is 11.8 Å². The molecule has 2 N–H and O–H groups in total. The first-order valence-corrected chi connectivity index (χ1v) is 7.87. The third-order valence-corrected chi connectivity index (χ3v) is 4.00. The molecule has 0 spiro atoms. The second-order valence-corrected chi connectivity index (χ2v) is 6.33. The number of aromatic amines is 1. The zero-order valence-corrected chi connectivity index (χ0v) is 13.1. The molecule has 1 amide bonds. The number of hydrogen-bond acceptors (Lipinski definition) is 4. The van der Waals surface area contributed by atoms with Gasteiger partial charge in [0.15, 0.2) is 17.2 Å². The highest BCUT2D eigenvalue weighted by atomic mass is 16.3. The number of nitrogens with zero attached hydrogens (tertiary/aromatic N) is 2. The Balaban J connectivity index is 1.54. The van der Waals surface area contributed by atoms with E-state index in [1.807, 2.05) is 38.1 Å². The second-order valence-electron chi connectivity index (χ2n) is 6.33. The van der Waals surface area contributed by atoms with Gasteiger partial charge >= 0.3 is 0 Å². The molecule has 2 heterocycles. The summed E-state index contributed by atoms with van der Waals surface area (Å²) in [5, 5.41) is 9.89. The second kappa shape index (κ2) is 5.22. The fourth-order valence-corrected chi connectivity index (χ4v) is 2.52. The fraction of sp³-hybridized carbons (Fsp3) is 0.353. The highest BCUT2D eigenvalue weighted by Crippen LogP contribution is 2.39. The van der Waals surface area contributed by atoms with Crippen LogP contribution in [0, 0.1) is 0 Å². The van der Waals surface area contributed by atoms with E-state index >= 15 is 0 Å². The Morgan fingerprint density at radius 3 is 2.91 bits per heavy atom. The lowest BCUT2D eigenvalue weighted by molar-refractivity contribution is 0.102. The van der Waals surface area contributed by atoms with E-state index in [2.05, 4.69) is 20.5 Å². The third-order valence-electron chi connectivity index (χ3n) is 4.00. The van der Waals surface area contributed by atoms with Crippen LogP contribution in [0.3, 0.4) is 0 Å². The lowest BCUT2D eigenvalue weighted by Gasteiger charge is -2.02. The number of carbonyl (C=O) groups excluding carboxylic acids is 1. The van der Waals surface area contributed by atoms with Crippen LogP contribution in [0.4, 0.5) is 5.69 Å². The monoisotopic (exact) mass is 310 g/mol. The Morgan fingerprint density at radius 1 is 1.35 bits per heavy atom. The number of anilines is 1. The van der Waals surface area contributed by atoms with Crippen molar-refractivity contribution in [2.45, 2.75) is 38.5 Å². The topological polar surface area (TPSA) is 83.8 Å². The molecule has 0 unspecified atom stereocenters. The van der Waals surface area contributed by atoms with E-state index in [4.69, 9.17) is 4.42 Å². The molecular formula is C17H18N4O2. The average Bonchev–Trinajstić information content (AvgIpc) is 3.10. The Labute approximate surface area is 133 Å². The average molecular weight is 310 g/mol. The van der Waals surface area contributed by atoms with Crippen LogP contribution in [0.25, 0.3) is 11.1 Å². The molecular weight excluding hydrogens is 292 g/mol. The van der Waals surface area contributed by atoms with Gasteiger partial charge in [-0.3, -0.25) is 9.89 Å². The summed E-state index contributed by atoms with van der Waals surface area (Å²) in [6.45, 7) is 4.06. The summed E-state index contributed by atoms with van der Waals surface area (Å²) in [4.78, 5) is 16.7. The molecule has 1 saturated carbocycles. The molecule has 0 aliphatic heterocycles. The quantitative estimate of drug-likeness (QED) is 0.767. The number of hydrogen-bond donors (Lipinski definition) is 2. The van der Waals surface area contributed by atoms with Gasteiger partial charge in [0.05, 0.1) is 0 Å². The number of rotatable bonds is 4. The van der Waals surface area contributed by atoms with Gasteiger partial charge in [-0.05, 0) is 37.1 Å². The lowest BCUT2D eigenvalue weighted by atomic mass is 10.2. The standard InChI is InChI=1S/C17H18N4O2/c1-9(2)17-19-13-7-11(5-6-15(13)23-17)18-16(22)14-8-12(20-21-14)10-3-4-10/h5-10H,3-4H2,1-2H3,(H,18,22)(H,20,21). The summed E-state index contributed by atoms with van der Waals surface area (Å²) in [7, 11) is 0. The van der Waals surface area contributed by atoms with Crippen LogP contribution in [0.2, 0.25) is 0 Å². The van der Waals surface area contributed by atoms with Gasteiger partial charge in [-0.2, -0.15) is 5.10 Å². The van der Waals surface area contributed by atoms with Gasteiger partial charge in [-0.1, -0.05) is 13.8 Å². The number of carbonyl (C=O) groups is 1. The molecule has 0 saturated heterocycles. The zero-order valence-electron chi connectivity index (χ0n) is 13.1. The first-order valence-electron chi connectivity index (χ1n) is 7.87. The maximum absolute atomic E-state index is 12.3. The van der Waals surface area contributed by atoms with Crippen LogP contribution >= 0.6 is 0 Å². The highest BCUT2D eigenvalue weighted by molar-refractivity contribution is 6.03. The molecule has 1 aromatic carbocycles. The maximum Gasteiger partial charge on any atom is 0.276 e. The van der Waals surface area contributed by atoms with Crippen LogP contribution in [0.5, 0.6) is 0 Å². The first-order chi connectivity index (χ1) is 11.1. The van der Waals surface area contributed by atoms with Gasteiger partial charge < -0.3 is 9.73 Å².